The van der Waals surface area contributed by atoms with Crippen LogP contribution in [-0.2, 0) is 0 Å². The van der Waals surface area contributed by atoms with Gasteiger partial charge in [0.15, 0.2) is 12.4 Å². The van der Waals surface area contributed by atoms with E-state index < -0.39 is 5.82 Å². The number of ketones is 1. The van der Waals surface area contributed by atoms with Gasteiger partial charge in [0.05, 0.1) is 5.52 Å². The van der Waals surface area contributed by atoms with Crippen LogP contribution >= 0.6 is 0 Å². The number of pyridine rings is 1. The third-order valence-electron chi connectivity index (χ3n) is 3.11. The Bertz CT molecular complexity index is 796. The number of hydrogen-bond acceptors (Lipinski definition) is 3. The van der Waals surface area contributed by atoms with E-state index in [0.717, 1.165) is 10.9 Å². The van der Waals surface area contributed by atoms with E-state index in [0.29, 0.717) is 11.3 Å². The summed E-state index contributed by atoms with van der Waals surface area (Å²) in [5.41, 5.74) is 1.10. The fourth-order valence-electron chi connectivity index (χ4n) is 2.09. The molecule has 0 aliphatic carbocycles. The summed E-state index contributed by atoms with van der Waals surface area (Å²) in [6.07, 6.45) is 1.70. The van der Waals surface area contributed by atoms with E-state index in [2.05, 4.69) is 4.98 Å². The van der Waals surface area contributed by atoms with Crippen molar-refractivity contribution in [2.45, 2.75) is 0 Å². The van der Waals surface area contributed by atoms with E-state index in [9.17, 15) is 9.18 Å². The first-order valence-corrected chi connectivity index (χ1v) is 6.49. The number of fused-ring (bicyclic) bond motifs is 1. The van der Waals surface area contributed by atoms with Gasteiger partial charge in [0.2, 0.25) is 0 Å². The molecule has 0 aliphatic rings. The lowest BCUT2D eigenvalue weighted by molar-refractivity contribution is 0.0922. The van der Waals surface area contributed by atoms with Gasteiger partial charge < -0.3 is 4.74 Å². The van der Waals surface area contributed by atoms with Gasteiger partial charge in [-0.3, -0.25) is 9.78 Å². The van der Waals surface area contributed by atoms with Crippen LogP contribution in [0.5, 0.6) is 5.75 Å². The second-order valence-electron chi connectivity index (χ2n) is 4.55. The Morgan fingerprint density at radius 1 is 1.10 bits per heavy atom. The van der Waals surface area contributed by atoms with E-state index in [-0.39, 0.29) is 12.4 Å². The topological polar surface area (TPSA) is 39.2 Å². The molecule has 1 aromatic heterocycles. The fraction of sp³-hybridized carbons (Fsp3) is 0.0588. The summed E-state index contributed by atoms with van der Waals surface area (Å²) in [5.74, 6) is -0.115. The third-order valence-corrected chi connectivity index (χ3v) is 3.11. The minimum absolute atomic E-state index is 0.141. The molecular formula is C17H12FNO2. The quantitative estimate of drug-likeness (QED) is 0.685. The molecule has 0 radical (unpaired) electrons. The van der Waals surface area contributed by atoms with Crippen LogP contribution in [0, 0.1) is 5.82 Å². The van der Waals surface area contributed by atoms with Gasteiger partial charge in [0.1, 0.15) is 11.6 Å². The Kier molecular flexibility index (Phi) is 3.60. The highest BCUT2D eigenvalue weighted by atomic mass is 19.1. The molecule has 0 aliphatic heterocycles. The van der Waals surface area contributed by atoms with Crippen molar-refractivity contribution < 1.29 is 13.9 Å². The Morgan fingerprint density at radius 3 is 2.81 bits per heavy atom. The van der Waals surface area contributed by atoms with Crippen molar-refractivity contribution in [3.05, 3.63) is 72.2 Å². The summed E-state index contributed by atoms with van der Waals surface area (Å²) < 4.78 is 18.7. The largest absolute Gasteiger partial charge is 0.485 e. The molecule has 0 bridgehead atoms. The van der Waals surface area contributed by atoms with Crippen LogP contribution in [-0.4, -0.2) is 17.4 Å². The van der Waals surface area contributed by atoms with Gasteiger partial charge in [-0.2, -0.15) is 0 Å². The van der Waals surface area contributed by atoms with Gasteiger partial charge in [-0.1, -0.05) is 18.2 Å². The van der Waals surface area contributed by atoms with Crippen molar-refractivity contribution >= 4 is 16.7 Å². The molecule has 2 aromatic carbocycles. The van der Waals surface area contributed by atoms with Crippen LogP contribution < -0.4 is 4.74 Å². The first-order valence-electron chi connectivity index (χ1n) is 6.49. The molecular weight excluding hydrogens is 269 g/mol. The number of nitrogens with zero attached hydrogens (tertiary/aromatic N) is 1. The van der Waals surface area contributed by atoms with Crippen molar-refractivity contribution in [1.82, 2.24) is 4.98 Å². The van der Waals surface area contributed by atoms with E-state index in [1.165, 1.54) is 18.2 Å². The lowest BCUT2D eigenvalue weighted by Crippen LogP contribution is -2.12. The zero-order valence-electron chi connectivity index (χ0n) is 11.1. The molecule has 3 aromatic rings. The van der Waals surface area contributed by atoms with Gasteiger partial charge in [-0.05, 0) is 36.4 Å². The Balaban J connectivity index is 1.79. The summed E-state index contributed by atoms with van der Waals surface area (Å²) in [4.78, 5) is 16.2. The molecule has 21 heavy (non-hydrogen) atoms. The molecule has 0 spiro atoms. The van der Waals surface area contributed by atoms with Crippen molar-refractivity contribution in [1.29, 1.82) is 0 Å². The lowest BCUT2D eigenvalue weighted by Gasteiger charge is -2.08. The van der Waals surface area contributed by atoms with Gasteiger partial charge in [0.25, 0.3) is 0 Å². The van der Waals surface area contributed by atoms with Gasteiger partial charge in [-0.15, -0.1) is 0 Å². The second kappa shape index (κ2) is 5.71. The molecule has 3 rings (SSSR count). The minimum Gasteiger partial charge on any atom is -0.485 e. The SMILES string of the molecule is O=C(COc1cccc2ncccc12)c1cccc(F)c1. The summed E-state index contributed by atoms with van der Waals surface area (Å²) in [5, 5.41) is 0.840. The molecule has 104 valence electrons. The number of benzene rings is 2. The number of carbonyl (C=O) groups excluding carboxylic acids is 1. The highest BCUT2D eigenvalue weighted by Crippen LogP contribution is 2.23. The number of aromatic nitrogens is 1. The van der Waals surface area contributed by atoms with Crippen molar-refractivity contribution in [2.24, 2.45) is 0 Å². The average molecular weight is 281 g/mol. The molecule has 0 saturated heterocycles. The van der Waals surface area contributed by atoms with E-state index in [1.807, 2.05) is 24.3 Å². The Morgan fingerprint density at radius 2 is 1.95 bits per heavy atom. The maximum absolute atomic E-state index is 13.1. The molecule has 0 fully saturated rings. The van der Waals surface area contributed by atoms with Crippen molar-refractivity contribution in [3.63, 3.8) is 0 Å². The summed E-state index contributed by atoms with van der Waals surface area (Å²) >= 11 is 0. The molecule has 0 amide bonds. The van der Waals surface area contributed by atoms with E-state index >= 15 is 0 Å². The molecule has 4 heteroatoms. The number of ether oxygens (including phenoxy) is 1. The third kappa shape index (κ3) is 2.89. The molecule has 0 N–H and O–H groups in total. The Hall–Kier alpha value is -2.75. The average Bonchev–Trinajstić information content (AvgIpc) is 2.52. The molecule has 0 atom stereocenters. The first-order chi connectivity index (χ1) is 10.2. The van der Waals surface area contributed by atoms with E-state index in [1.54, 1.807) is 18.3 Å². The fourth-order valence-corrected chi connectivity index (χ4v) is 2.09. The van der Waals surface area contributed by atoms with Crippen molar-refractivity contribution in [2.75, 3.05) is 6.61 Å². The highest BCUT2D eigenvalue weighted by molar-refractivity contribution is 5.97. The van der Waals surface area contributed by atoms with E-state index in [4.69, 9.17) is 4.74 Å². The zero-order valence-corrected chi connectivity index (χ0v) is 11.1. The molecule has 0 saturated carbocycles. The lowest BCUT2D eigenvalue weighted by atomic mass is 10.1. The minimum atomic E-state index is -0.435. The summed E-state index contributed by atoms with van der Waals surface area (Å²) in [6.45, 7) is -0.141. The Labute approximate surface area is 121 Å². The summed E-state index contributed by atoms with van der Waals surface area (Å²) in [6, 6.07) is 14.7. The zero-order chi connectivity index (χ0) is 14.7. The number of carbonyl (C=O) groups is 1. The highest BCUT2D eigenvalue weighted by Gasteiger charge is 2.09. The van der Waals surface area contributed by atoms with Crippen LogP contribution in [0.4, 0.5) is 4.39 Å². The van der Waals surface area contributed by atoms with Crippen molar-refractivity contribution in [3.8, 4) is 5.75 Å². The standard InChI is InChI=1S/C17H12FNO2/c18-13-5-1-4-12(10-13)16(20)11-21-17-8-2-7-15-14(17)6-3-9-19-15/h1-10H,11H2. The monoisotopic (exact) mass is 281 g/mol. The first kappa shape index (κ1) is 13.2. The number of rotatable bonds is 4. The van der Waals surface area contributed by atoms with Crippen LogP contribution in [0.25, 0.3) is 10.9 Å². The number of Topliss-reactive ketones (excluding diaryl/α,β-unsaturated/α-hetero) is 1. The molecule has 3 nitrogen and oxygen atoms in total. The smallest absolute Gasteiger partial charge is 0.200 e. The van der Waals surface area contributed by atoms with Crippen LogP contribution in [0.3, 0.4) is 0 Å². The maximum Gasteiger partial charge on any atom is 0.200 e. The van der Waals surface area contributed by atoms with Crippen LogP contribution in [0.1, 0.15) is 10.4 Å². The maximum atomic E-state index is 13.1. The predicted molar refractivity (Wildman–Crippen MR) is 78.0 cm³/mol. The van der Waals surface area contributed by atoms with Crippen LogP contribution in [0.15, 0.2) is 60.8 Å². The van der Waals surface area contributed by atoms with Gasteiger partial charge >= 0.3 is 0 Å². The summed E-state index contributed by atoms with van der Waals surface area (Å²) in [7, 11) is 0. The van der Waals surface area contributed by atoms with Gasteiger partial charge in [0, 0.05) is 17.1 Å². The number of hydrogen-bond donors (Lipinski definition) is 0. The second-order valence-corrected chi connectivity index (χ2v) is 4.55. The predicted octanol–water partition coefficient (Wildman–Crippen LogP) is 3.64. The molecule has 0 unspecified atom stereocenters. The normalized spacial score (nSPS) is 10.5. The van der Waals surface area contributed by atoms with Crippen LogP contribution in [0.2, 0.25) is 0 Å². The molecule has 1 heterocycles. The van der Waals surface area contributed by atoms with Gasteiger partial charge in [-0.25, -0.2) is 4.39 Å². The number of halogens is 1.